The van der Waals surface area contributed by atoms with Crippen LogP contribution in [0.3, 0.4) is 0 Å². The molecule has 0 saturated carbocycles. The highest BCUT2D eigenvalue weighted by Gasteiger charge is 2.13. The molecule has 0 unspecified atom stereocenters. The van der Waals surface area contributed by atoms with E-state index in [4.69, 9.17) is 16.3 Å². The van der Waals surface area contributed by atoms with Crippen LogP contribution in [0.2, 0.25) is 5.02 Å². The maximum atomic E-state index is 11.7. The molecule has 0 heterocycles. The van der Waals surface area contributed by atoms with Crippen molar-refractivity contribution in [1.82, 2.24) is 4.90 Å². The second-order valence-electron chi connectivity index (χ2n) is 5.20. The lowest BCUT2D eigenvalue weighted by Crippen LogP contribution is -2.39. The fourth-order valence-corrected chi connectivity index (χ4v) is 2.27. The summed E-state index contributed by atoms with van der Waals surface area (Å²) in [7, 11) is 0. The van der Waals surface area contributed by atoms with E-state index in [9.17, 15) is 4.79 Å². The summed E-state index contributed by atoms with van der Waals surface area (Å²) in [6, 6.07) is 7.82. The van der Waals surface area contributed by atoms with E-state index in [2.05, 4.69) is 37.9 Å². The van der Waals surface area contributed by atoms with Crippen LogP contribution in [0, 0.1) is 0 Å². The molecule has 5 heteroatoms. The summed E-state index contributed by atoms with van der Waals surface area (Å²) in [5.41, 5.74) is 0.632. The predicted molar refractivity (Wildman–Crippen MR) is 83.4 cm³/mol. The Morgan fingerprint density at radius 2 is 1.95 bits per heavy atom. The summed E-state index contributed by atoms with van der Waals surface area (Å²) in [6.07, 6.45) is -0.459. The number of nitrogens with zero attached hydrogens (tertiary/aromatic N) is 1. The molecule has 0 aromatic heterocycles. The highest BCUT2D eigenvalue weighted by Crippen LogP contribution is 2.15. The lowest BCUT2D eigenvalue weighted by molar-refractivity contribution is 0.111. The van der Waals surface area contributed by atoms with Crippen LogP contribution in [-0.4, -0.2) is 36.2 Å². The molecule has 20 heavy (non-hydrogen) atoms. The Hall–Kier alpha value is -1.26. The third-order valence-electron chi connectivity index (χ3n) is 2.98. The van der Waals surface area contributed by atoms with E-state index in [1.165, 1.54) is 0 Å². The molecule has 1 N–H and O–H groups in total. The van der Waals surface area contributed by atoms with Crippen LogP contribution in [0.4, 0.5) is 10.5 Å². The Kier molecular flexibility index (Phi) is 6.82. The number of ether oxygens (including phenoxy) is 1. The van der Waals surface area contributed by atoms with E-state index in [1.54, 1.807) is 24.3 Å². The summed E-state index contributed by atoms with van der Waals surface area (Å²) in [4.78, 5) is 13.9. The predicted octanol–water partition coefficient (Wildman–Crippen LogP) is 4.01. The minimum Gasteiger partial charge on any atom is -0.448 e. The number of halogens is 1. The van der Waals surface area contributed by atoms with Crippen molar-refractivity contribution in [2.24, 2.45) is 0 Å². The maximum Gasteiger partial charge on any atom is 0.411 e. The fraction of sp³-hybridized carbons (Fsp3) is 0.533. The molecule has 0 spiro atoms. The number of rotatable bonds is 6. The van der Waals surface area contributed by atoms with Crippen LogP contribution in [0.5, 0.6) is 0 Å². The Labute approximate surface area is 126 Å². The summed E-state index contributed by atoms with van der Waals surface area (Å²) in [5, 5.41) is 3.23. The summed E-state index contributed by atoms with van der Waals surface area (Å²) < 4.78 is 5.18. The number of benzene rings is 1. The monoisotopic (exact) mass is 298 g/mol. The SMILES string of the molecule is CC(C)N(CCOC(=O)Nc1cccc(Cl)c1)C(C)C. The maximum absolute atomic E-state index is 11.7. The fourth-order valence-electron chi connectivity index (χ4n) is 2.08. The van der Waals surface area contributed by atoms with E-state index in [0.717, 1.165) is 6.54 Å². The number of amides is 1. The largest absolute Gasteiger partial charge is 0.448 e. The van der Waals surface area contributed by atoms with Gasteiger partial charge in [0.05, 0.1) is 0 Å². The molecule has 1 aromatic rings. The van der Waals surface area contributed by atoms with Gasteiger partial charge in [0.2, 0.25) is 0 Å². The van der Waals surface area contributed by atoms with Crippen molar-refractivity contribution in [3.05, 3.63) is 29.3 Å². The molecule has 0 radical (unpaired) electrons. The first-order valence-corrected chi connectivity index (χ1v) is 7.23. The first kappa shape index (κ1) is 16.8. The molecule has 0 aliphatic carbocycles. The number of carbonyl (C=O) groups is 1. The topological polar surface area (TPSA) is 41.6 Å². The van der Waals surface area contributed by atoms with E-state index in [1.807, 2.05) is 0 Å². The van der Waals surface area contributed by atoms with Gasteiger partial charge in [-0.05, 0) is 45.9 Å². The van der Waals surface area contributed by atoms with Gasteiger partial charge in [0, 0.05) is 29.3 Å². The van der Waals surface area contributed by atoms with Crippen molar-refractivity contribution >= 4 is 23.4 Å². The quantitative estimate of drug-likeness (QED) is 0.863. The van der Waals surface area contributed by atoms with Crippen LogP contribution in [0.1, 0.15) is 27.7 Å². The van der Waals surface area contributed by atoms with Gasteiger partial charge in [0.1, 0.15) is 6.61 Å². The molecule has 0 aliphatic rings. The van der Waals surface area contributed by atoms with Crippen molar-refractivity contribution < 1.29 is 9.53 Å². The first-order valence-electron chi connectivity index (χ1n) is 6.85. The third-order valence-corrected chi connectivity index (χ3v) is 3.22. The van der Waals surface area contributed by atoms with E-state index >= 15 is 0 Å². The van der Waals surface area contributed by atoms with Gasteiger partial charge in [-0.2, -0.15) is 0 Å². The van der Waals surface area contributed by atoms with Gasteiger partial charge < -0.3 is 4.74 Å². The number of nitrogens with one attached hydrogen (secondary N) is 1. The van der Waals surface area contributed by atoms with E-state index in [-0.39, 0.29) is 0 Å². The second kappa shape index (κ2) is 8.12. The first-order chi connectivity index (χ1) is 9.40. The lowest BCUT2D eigenvalue weighted by Gasteiger charge is -2.30. The zero-order valence-electron chi connectivity index (χ0n) is 12.5. The van der Waals surface area contributed by atoms with Gasteiger partial charge in [0.25, 0.3) is 0 Å². The van der Waals surface area contributed by atoms with Crippen LogP contribution >= 0.6 is 11.6 Å². The van der Waals surface area contributed by atoms with Gasteiger partial charge in [-0.3, -0.25) is 10.2 Å². The smallest absolute Gasteiger partial charge is 0.411 e. The number of anilines is 1. The van der Waals surface area contributed by atoms with Crippen LogP contribution < -0.4 is 5.32 Å². The second-order valence-corrected chi connectivity index (χ2v) is 5.63. The van der Waals surface area contributed by atoms with Crippen molar-refractivity contribution in [3.8, 4) is 0 Å². The highest BCUT2D eigenvalue weighted by molar-refractivity contribution is 6.30. The number of hydrogen-bond acceptors (Lipinski definition) is 3. The normalized spacial score (nSPS) is 11.2. The van der Waals surface area contributed by atoms with Gasteiger partial charge in [0.15, 0.2) is 0 Å². The molecule has 1 aromatic carbocycles. The van der Waals surface area contributed by atoms with Crippen molar-refractivity contribution in [2.75, 3.05) is 18.5 Å². The average Bonchev–Trinajstić information content (AvgIpc) is 2.33. The molecule has 0 saturated heterocycles. The summed E-state index contributed by atoms with van der Waals surface area (Å²) >= 11 is 5.85. The van der Waals surface area contributed by atoms with Crippen LogP contribution in [0.15, 0.2) is 24.3 Å². The lowest BCUT2D eigenvalue weighted by atomic mass is 10.2. The Morgan fingerprint density at radius 1 is 1.30 bits per heavy atom. The molecule has 0 fully saturated rings. The molecule has 0 atom stereocenters. The molecular formula is C15H23ClN2O2. The molecule has 4 nitrogen and oxygen atoms in total. The summed E-state index contributed by atoms with van der Waals surface area (Å²) in [6.45, 7) is 9.61. The molecule has 0 aliphatic heterocycles. The van der Waals surface area contributed by atoms with Crippen molar-refractivity contribution in [1.29, 1.82) is 0 Å². The average molecular weight is 299 g/mol. The zero-order chi connectivity index (χ0) is 15.1. The van der Waals surface area contributed by atoms with Crippen molar-refractivity contribution in [3.63, 3.8) is 0 Å². The van der Waals surface area contributed by atoms with Crippen molar-refractivity contribution in [2.45, 2.75) is 39.8 Å². The van der Waals surface area contributed by atoms with Crippen LogP contribution in [0.25, 0.3) is 0 Å². The number of hydrogen-bond donors (Lipinski definition) is 1. The standard InChI is InChI=1S/C15H23ClN2O2/c1-11(2)18(12(3)4)8-9-20-15(19)17-14-7-5-6-13(16)10-14/h5-7,10-12H,8-9H2,1-4H3,(H,17,19). The van der Waals surface area contributed by atoms with Gasteiger partial charge in [-0.1, -0.05) is 17.7 Å². The Balaban J connectivity index is 2.36. The number of carbonyl (C=O) groups excluding carboxylic acids is 1. The van der Waals surface area contributed by atoms with Gasteiger partial charge in [-0.15, -0.1) is 0 Å². The third kappa shape index (κ3) is 5.80. The molecule has 112 valence electrons. The van der Waals surface area contributed by atoms with Crippen LogP contribution in [-0.2, 0) is 4.74 Å². The minimum absolute atomic E-state index is 0.364. The van der Waals surface area contributed by atoms with Gasteiger partial charge in [-0.25, -0.2) is 4.79 Å². The summed E-state index contributed by atoms with van der Waals surface area (Å²) in [5.74, 6) is 0. The molecular weight excluding hydrogens is 276 g/mol. The van der Waals surface area contributed by atoms with E-state index in [0.29, 0.717) is 29.4 Å². The molecule has 1 rings (SSSR count). The minimum atomic E-state index is -0.459. The Bertz CT molecular complexity index is 428. The van der Waals surface area contributed by atoms with E-state index < -0.39 is 6.09 Å². The highest BCUT2D eigenvalue weighted by atomic mass is 35.5. The Morgan fingerprint density at radius 3 is 2.50 bits per heavy atom. The zero-order valence-corrected chi connectivity index (χ0v) is 13.3. The molecule has 1 amide bonds. The van der Waals surface area contributed by atoms with Gasteiger partial charge >= 0.3 is 6.09 Å². The molecule has 0 bridgehead atoms.